The maximum atomic E-state index is 10.1. The lowest BCUT2D eigenvalue weighted by molar-refractivity contribution is 0.0318. The van der Waals surface area contributed by atoms with E-state index in [0.717, 1.165) is 16.9 Å². The summed E-state index contributed by atoms with van der Waals surface area (Å²) in [7, 11) is 0. The molecule has 0 saturated carbocycles. The summed E-state index contributed by atoms with van der Waals surface area (Å²) in [6.45, 7) is 11.0. The molecule has 2 N–H and O–H groups in total. The highest BCUT2D eigenvalue weighted by Gasteiger charge is 2.15. The fraction of sp³-hybridized carbons (Fsp3) is 0.462. The second-order valence-electron chi connectivity index (χ2n) is 8.55. The summed E-state index contributed by atoms with van der Waals surface area (Å²) < 4.78 is 18.3. The number of hydrogen-bond acceptors (Lipinski definition) is 7. The van der Waals surface area contributed by atoms with Gasteiger partial charge in [-0.1, -0.05) is 43.7 Å². The number of benzene rings is 2. The second-order valence-corrected chi connectivity index (χ2v) is 8.55. The molecule has 1 atom stereocenters. The minimum absolute atomic E-state index is 0.307. The van der Waals surface area contributed by atoms with Gasteiger partial charge in [-0.3, -0.25) is 0 Å². The van der Waals surface area contributed by atoms with Crippen molar-refractivity contribution < 1.29 is 19.3 Å². The molecule has 0 spiro atoms. The van der Waals surface area contributed by atoms with Gasteiger partial charge in [0.15, 0.2) is 5.82 Å². The van der Waals surface area contributed by atoms with Gasteiger partial charge in [0.1, 0.15) is 6.61 Å². The molecule has 0 amide bonds. The van der Waals surface area contributed by atoms with Crippen LogP contribution >= 0.6 is 0 Å². The maximum absolute atomic E-state index is 10.1. The number of aliphatic hydroxyl groups excluding tert-OH is 1. The number of nitrogens with zero attached hydrogens (tertiary/aromatic N) is 3. The molecule has 3 aromatic rings. The van der Waals surface area contributed by atoms with Gasteiger partial charge in [-0.25, -0.2) is 4.68 Å². The van der Waals surface area contributed by atoms with E-state index in [1.54, 1.807) is 4.68 Å². The number of nitrogens with one attached hydrogen (secondary N) is 1. The molecular weight excluding hydrogens is 432 g/mol. The molecule has 34 heavy (non-hydrogen) atoms. The predicted molar refractivity (Wildman–Crippen MR) is 134 cm³/mol. The molecule has 0 saturated heterocycles. The Labute approximate surface area is 201 Å². The number of anilines is 1. The van der Waals surface area contributed by atoms with Gasteiger partial charge >= 0.3 is 6.01 Å². The topological polar surface area (TPSA) is 90.7 Å². The summed E-state index contributed by atoms with van der Waals surface area (Å²) in [6, 6.07) is 16.3. The van der Waals surface area contributed by atoms with Crippen molar-refractivity contribution in [2.75, 3.05) is 44.9 Å². The molecule has 0 bridgehead atoms. The van der Waals surface area contributed by atoms with Gasteiger partial charge in [0, 0.05) is 31.0 Å². The fourth-order valence-corrected chi connectivity index (χ4v) is 3.21. The van der Waals surface area contributed by atoms with Gasteiger partial charge in [-0.15, -0.1) is 5.10 Å². The SMILES string of the molecule is CCOCCOc1nc(-c2ccc(C)cc2)n(-c2ccc(NC[C@H](O)COCC(C)C)cc2)n1. The van der Waals surface area contributed by atoms with Gasteiger partial charge in [-0.05, 0) is 44.0 Å². The maximum Gasteiger partial charge on any atom is 0.336 e. The zero-order valence-electron chi connectivity index (χ0n) is 20.5. The number of aryl methyl sites for hydroxylation is 1. The van der Waals surface area contributed by atoms with E-state index < -0.39 is 6.10 Å². The molecule has 0 aliphatic heterocycles. The van der Waals surface area contributed by atoms with E-state index in [0.29, 0.717) is 57.3 Å². The normalized spacial score (nSPS) is 12.2. The van der Waals surface area contributed by atoms with Crippen molar-refractivity contribution in [2.45, 2.75) is 33.8 Å². The highest BCUT2D eigenvalue weighted by Crippen LogP contribution is 2.25. The van der Waals surface area contributed by atoms with Gasteiger partial charge < -0.3 is 24.6 Å². The van der Waals surface area contributed by atoms with Gasteiger partial charge in [0.25, 0.3) is 0 Å². The van der Waals surface area contributed by atoms with Crippen LogP contribution in [-0.2, 0) is 9.47 Å². The van der Waals surface area contributed by atoms with Crippen molar-refractivity contribution >= 4 is 5.69 Å². The molecular formula is C26H36N4O4. The summed E-state index contributed by atoms with van der Waals surface area (Å²) in [4.78, 5) is 4.62. The predicted octanol–water partition coefficient (Wildman–Crippen LogP) is 4.10. The molecule has 0 radical (unpaired) electrons. The lowest BCUT2D eigenvalue weighted by Crippen LogP contribution is -2.25. The number of rotatable bonds is 14. The van der Waals surface area contributed by atoms with E-state index in [-0.39, 0.29) is 0 Å². The van der Waals surface area contributed by atoms with Crippen molar-refractivity contribution in [3.63, 3.8) is 0 Å². The molecule has 2 aromatic carbocycles. The lowest BCUT2D eigenvalue weighted by atomic mass is 10.1. The van der Waals surface area contributed by atoms with E-state index in [1.165, 1.54) is 5.56 Å². The smallest absolute Gasteiger partial charge is 0.336 e. The molecule has 8 heteroatoms. The van der Waals surface area contributed by atoms with Crippen LogP contribution in [0.15, 0.2) is 48.5 Å². The lowest BCUT2D eigenvalue weighted by Gasteiger charge is -2.14. The zero-order valence-corrected chi connectivity index (χ0v) is 20.5. The van der Waals surface area contributed by atoms with E-state index in [1.807, 2.05) is 55.5 Å². The van der Waals surface area contributed by atoms with Crippen molar-refractivity contribution in [3.8, 4) is 23.1 Å². The Morgan fingerprint density at radius 2 is 1.71 bits per heavy atom. The summed E-state index contributed by atoms with van der Waals surface area (Å²) in [5, 5.41) is 17.9. The quantitative estimate of drug-likeness (QED) is 0.344. The molecule has 0 unspecified atom stereocenters. The van der Waals surface area contributed by atoms with Crippen molar-refractivity contribution in [1.82, 2.24) is 14.8 Å². The first kappa shape index (κ1) is 25.7. The van der Waals surface area contributed by atoms with E-state index >= 15 is 0 Å². The Kier molecular flexibility index (Phi) is 9.88. The fourth-order valence-electron chi connectivity index (χ4n) is 3.21. The van der Waals surface area contributed by atoms with Crippen LogP contribution in [0, 0.1) is 12.8 Å². The minimum Gasteiger partial charge on any atom is -0.460 e. The Morgan fingerprint density at radius 1 is 0.971 bits per heavy atom. The highest BCUT2D eigenvalue weighted by molar-refractivity contribution is 5.60. The third kappa shape index (κ3) is 7.83. The third-order valence-corrected chi connectivity index (χ3v) is 4.98. The summed E-state index contributed by atoms with van der Waals surface area (Å²) in [6.07, 6.45) is -0.571. The average molecular weight is 469 g/mol. The highest BCUT2D eigenvalue weighted by atomic mass is 16.5. The molecule has 1 aromatic heterocycles. The molecule has 0 aliphatic rings. The minimum atomic E-state index is -0.571. The molecule has 3 rings (SSSR count). The van der Waals surface area contributed by atoms with Gasteiger partial charge in [0.05, 0.1) is 25.0 Å². The average Bonchev–Trinajstić information content (AvgIpc) is 3.25. The molecule has 8 nitrogen and oxygen atoms in total. The van der Waals surface area contributed by atoms with Gasteiger partial charge in [-0.2, -0.15) is 4.98 Å². The van der Waals surface area contributed by atoms with Gasteiger partial charge in [0.2, 0.25) is 0 Å². The number of aliphatic hydroxyl groups is 1. The first-order chi connectivity index (χ1) is 16.5. The van der Waals surface area contributed by atoms with Crippen LogP contribution in [0.3, 0.4) is 0 Å². The Balaban J connectivity index is 1.70. The standard InChI is InChI=1S/C26H36N4O4/c1-5-32-14-15-34-26-28-25(21-8-6-20(4)7-9-21)30(29-26)23-12-10-22(11-13-23)27-16-24(31)18-33-17-19(2)3/h6-13,19,24,27,31H,5,14-18H2,1-4H3/t24-/m0/s1. The Morgan fingerprint density at radius 3 is 2.38 bits per heavy atom. The summed E-state index contributed by atoms with van der Waals surface area (Å²) in [5.74, 6) is 1.15. The largest absolute Gasteiger partial charge is 0.460 e. The number of hydrogen-bond donors (Lipinski definition) is 2. The Bertz CT molecular complexity index is 987. The first-order valence-corrected chi connectivity index (χ1v) is 11.8. The van der Waals surface area contributed by atoms with E-state index in [9.17, 15) is 5.11 Å². The van der Waals surface area contributed by atoms with Crippen molar-refractivity contribution in [1.29, 1.82) is 0 Å². The van der Waals surface area contributed by atoms with Crippen LogP contribution in [0.25, 0.3) is 17.1 Å². The van der Waals surface area contributed by atoms with Crippen LogP contribution in [0.2, 0.25) is 0 Å². The first-order valence-electron chi connectivity index (χ1n) is 11.8. The van der Waals surface area contributed by atoms with Crippen LogP contribution in [0.1, 0.15) is 26.3 Å². The van der Waals surface area contributed by atoms with E-state index in [2.05, 4.69) is 36.2 Å². The zero-order chi connectivity index (χ0) is 24.3. The molecule has 184 valence electrons. The number of ether oxygens (including phenoxy) is 3. The molecule has 0 fully saturated rings. The second kappa shape index (κ2) is 13.1. The van der Waals surface area contributed by atoms with Crippen LogP contribution in [-0.4, -0.2) is 65.6 Å². The van der Waals surface area contributed by atoms with Crippen LogP contribution < -0.4 is 10.1 Å². The Hall–Kier alpha value is -2.94. The third-order valence-electron chi connectivity index (χ3n) is 4.98. The summed E-state index contributed by atoms with van der Waals surface area (Å²) >= 11 is 0. The molecule has 1 heterocycles. The molecule has 0 aliphatic carbocycles. The van der Waals surface area contributed by atoms with Crippen molar-refractivity contribution in [2.24, 2.45) is 5.92 Å². The van der Waals surface area contributed by atoms with E-state index in [4.69, 9.17) is 14.2 Å². The number of aromatic nitrogens is 3. The monoisotopic (exact) mass is 468 g/mol. The summed E-state index contributed by atoms with van der Waals surface area (Å²) in [5.41, 5.74) is 3.88. The van der Waals surface area contributed by atoms with Crippen LogP contribution in [0.4, 0.5) is 5.69 Å². The van der Waals surface area contributed by atoms with Crippen molar-refractivity contribution in [3.05, 3.63) is 54.1 Å². The van der Waals surface area contributed by atoms with Crippen LogP contribution in [0.5, 0.6) is 6.01 Å².